The summed E-state index contributed by atoms with van der Waals surface area (Å²) in [6.07, 6.45) is 5.31. The van der Waals surface area contributed by atoms with Crippen molar-refractivity contribution in [3.63, 3.8) is 0 Å². The minimum absolute atomic E-state index is 0.103. The van der Waals surface area contributed by atoms with Crippen LogP contribution in [-0.2, 0) is 6.54 Å². The largest absolute Gasteiger partial charge is 0.349 e. The van der Waals surface area contributed by atoms with E-state index in [4.69, 9.17) is 0 Å². The van der Waals surface area contributed by atoms with Crippen LogP contribution in [0.25, 0.3) is 0 Å². The molecule has 26 heavy (non-hydrogen) atoms. The lowest BCUT2D eigenvalue weighted by atomic mass is 10.2. The number of anilines is 2. The number of carbonyl (C=O) groups is 1. The number of benzene rings is 2. The number of nitrogens with zero attached hydrogens (tertiary/aromatic N) is 3. The van der Waals surface area contributed by atoms with Crippen molar-refractivity contribution < 1.29 is 4.79 Å². The predicted octanol–water partition coefficient (Wildman–Crippen LogP) is 3.71. The number of carbonyl (C=O) groups excluding carboxylic acids is 1. The van der Waals surface area contributed by atoms with Crippen LogP contribution in [0.1, 0.15) is 28.8 Å². The van der Waals surface area contributed by atoms with Gasteiger partial charge in [0.05, 0.1) is 12.1 Å². The SMILES string of the molecule is O=C(NC1CC1)c1cnc(N(Cc2ccccc2)c2ccccc2)nc1. The molecule has 3 aromatic rings. The molecule has 1 amide bonds. The minimum Gasteiger partial charge on any atom is -0.349 e. The quantitative estimate of drug-likeness (QED) is 0.741. The molecular weight excluding hydrogens is 324 g/mol. The van der Waals surface area contributed by atoms with E-state index in [1.54, 1.807) is 12.4 Å². The van der Waals surface area contributed by atoms with Crippen LogP contribution >= 0.6 is 0 Å². The molecule has 130 valence electrons. The Bertz CT molecular complexity index is 862. The van der Waals surface area contributed by atoms with Gasteiger partial charge in [-0.2, -0.15) is 0 Å². The van der Waals surface area contributed by atoms with Crippen molar-refractivity contribution in [3.05, 3.63) is 84.2 Å². The van der Waals surface area contributed by atoms with Crippen LogP contribution in [0.2, 0.25) is 0 Å². The third-order valence-electron chi connectivity index (χ3n) is 4.31. The first-order chi connectivity index (χ1) is 12.8. The third-order valence-corrected chi connectivity index (χ3v) is 4.31. The van der Waals surface area contributed by atoms with E-state index in [1.807, 2.05) is 53.4 Å². The lowest BCUT2D eigenvalue weighted by Crippen LogP contribution is -2.26. The van der Waals surface area contributed by atoms with Gasteiger partial charge >= 0.3 is 0 Å². The monoisotopic (exact) mass is 344 g/mol. The first kappa shape index (κ1) is 16.3. The van der Waals surface area contributed by atoms with Crippen LogP contribution in [0, 0.1) is 0 Å². The van der Waals surface area contributed by atoms with E-state index < -0.39 is 0 Å². The van der Waals surface area contributed by atoms with Gasteiger partial charge in [0, 0.05) is 24.1 Å². The molecule has 1 heterocycles. The normalized spacial score (nSPS) is 13.2. The number of rotatable bonds is 6. The smallest absolute Gasteiger partial charge is 0.254 e. The molecule has 0 unspecified atom stereocenters. The number of amides is 1. The molecule has 0 saturated heterocycles. The summed E-state index contributed by atoms with van der Waals surface area (Å²) in [4.78, 5) is 23.1. The summed E-state index contributed by atoms with van der Waals surface area (Å²) in [7, 11) is 0. The molecule has 5 nitrogen and oxygen atoms in total. The van der Waals surface area contributed by atoms with Gasteiger partial charge in [0.1, 0.15) is 0 Å². The molecule has 5 heteroatoms. The van der Waals surface area contributed by atoms with Gasteiger partial charge in [0.25, 0.3) is 5.91 Å². The Hall–Kier alpha value is -3.21. The number of hydrogen-bond donors (Lipinski definition) is 1. The van der Waals surface area contributed by atoms with Gasteiger partial charge in [-0.15, -0.1) is 0 Å². The first-order valence-electron chi connectivity index (χ1n) is 8.79. The maximum absolute atomic E-state index is 12.1. The average Bonchev–Trinajstić information content (AvgIpc) is 3.52. The van der Waals surface area contributed by atoms with Crippen LogP contribution in [0.4, 0.5) is 11.6 Å². The van der Waals surface area contributed by atoms with Crippen molar-refractivity contribution in [2.45, 2.75) is 25.4 Å². The predicted molar refractivity (Wildman–Crippen MR) is 101 cm³/mol. The van der Waals surface area contributed by atoms with Crippen LogP contribution in [-0.4, -0.2) is 21.9 Å². The highest BCUT2D eigenvalue weighted by atomic mass is 16.1. The van der Waals surface area contributed by atoms with Crippen molar-refractivity contribution in [1.29, 1.82) is 0 Å². The molecule has 1 saturated carbocycles. The second kappa shape index (κ2) is 7.35. The summed E-state index contributed by atoms with van der Waals surface area (Å²) < 4.78 is 0. The van der Waals surface area contributed by atoms with Crippen molar-refractivity contribution in [1.82, 2.24) is 15.3 Å². The Morgan fingerprint density at radius 1 is 0.962 bits per heavy atom. The molecule has 0 bridgehead atoms. The van der Waals surface area contributed by atoms with Crippen LogP contribution in [0.15, 0.2) is 73.1 Å². The average molecular weight is 344 g/mol. The molecule has 0 spiro atoms. The lowest BCUT2D eigenvalue weighted by molar-refractivity contribution is 0.0950. The topological polar surface area (TPSA) is 58.1 Å². The van der Waals surface area contributed by atoms with E-state index in [0.29, 0.717) is 24.1 Å². The minimum atomic E-state index is -0.103. The first-order valence-corrected chi connectivity index (χ1v) is 8.79. The number of hydrogen-bond acceptors (Lipinski definition) is 4. The van der Waals surface area contributed by atoms with E-state index in [-0.39, 0.29) is 5.91 Å². The summed E-state index contributed by atoms with van der Waals surface area (Å²) in [5.74, 6) is 0.469. The Labute approximate surface area is 152 Å². The van der Waals surface area contributed by atoms with Gasteiger partial charge in [-0.05, 0) is 30.5 Å². The van der Waals surface area contributed by atoms with E-state index in [0.717, 1.165) is 24.1 Å². The van der Waals surface area contributed by atoms with Crippen molar-refractivity contribution >= 4 is 17.5 Å². The zero-order valence-electron chi connectivity index (χ0n) is 14.4. The van der Waals surface area contributed by atoms with Crippen molar-refractivity contribution in [2.75, 3.05) is 4.90 Å². The van der Waals surface area contributed by atoms with Gasteiger partial charge in [0.2, 0.25) is 5.95 Å². The zero-order chi connectivity index (χ0) is 17.8. The Morgan fingerprint density at radius 2 is 1.58 bits per heavy atom. The molecule has 0 atom stereocenters. The fourth-order valence-corrected chi connectivity index (χ4v) is 2.73. The molecule has 1 aliphatic carbocycles. The fourth-order valence-electron chi connectivity index (χ4n) is 2.73. The van der Waals surface area contributed by atoms with E-state index in [2.05, 4.69) is 27.4 Å². The summed E-state index contributed by atoms with van der Waals surface area (Å²) >= 11 is 0. The lowest BCUT2D eigenvalue weighted by Gasteiger charge is -2.23. The van der Waals surface area contributed by atoms with E-state index >= 15 is 0 Å². The molecule has 0 aliphatic heterocycles. The Kier molecular flexibility index (Phi) is 4.60. The summed E-state index contributed by atoms with van der Waals surface area (Å²) in [6.45, 7) is 0.651. The molecule has 1 N–H and O–H groups in total. The maximum atomic E-state index is 12.1. The van der Waals surface area contributed by atoms with E-state index in [9.17, 15) is 4.79 Å². The third kappa shape index (κ3) is 3.88. The molecule has 1 aliphatic rings. The Morgan fingerprint density at radius 3 is 2.19 bits per heavy atom. The van der Waals surface area contributed by atoms with Crippen molar-refractivity contribution in [2.24, 2.45) is 0 Å². The highest BCUT2D eigenvalue weighted by molar-refractivity contribution is 5.94. The van der Waals surface area contributed by atoms with Crippen LogP contribution in [0.3, 0.4) is 0 Å². The summed E-state index contributed by atoms with van der Waals surface area (Å²) in [5.41, 5.74) is 2.66. The summed E-state index contributed by atoms with van der Waals surface area (Å²) in [6, 6.07) is 20.5. The van der Waals surface area contributed by atoms with Gasteiger partial charge in [-0.25, -0.2) is 9.97 Å². The number of para-hydroxylation sites is 1. The number of nitrogens with one attached hydrogen (secondary N) is 1. The molecule has 4 rings (SSSR count). The highest BCUT2D eigenvalue weighted by Crippen LogP contribution is 2.24. The second-order valence-corrected chi connectivity index (χ2v) is 6.43. The molecule has 1 fully saturated rings. The van der Waals surface area contributed by atoms with Crippen LogP contribution in [0.5, 0.6) is 0 Å². The van der Waals surface area contributed by atoms with Crippen molar-refractivity contribution in [3.8, 4) is 0 Å². The zero-order valence-corrected chi connectivity index (χ0v) is 14.4. The van der Waals surface area contributed by atoms with Gasteiger partial charge < -0.3 is 10.2 Å². The van der Waals surface area contributed by atoms with Crippen LogP contribution < -0.4 is 10.2 Å². The molecule has 0 radical (unpaired) electrons. The standard InChI is InChI=1S/C21H20N4O/c26-20(24-18-11-12-18)17-13-22-21(23-14-17)25(19-9-5-2-6-10-19)15-16-7-3-1-4-8-16/h1-10,13-14,18H,11-12,15H2,(H,24,26). The number of aromatic nitrogens is 2. The Balaban J connectivity index is 1.59. The highest BCUT2D eigenvalue weighted by Gasteiger charge is 2.24. The maximum Gasteiger partial charge on any atom is 0.254 e. The molecule has 1 aromatic heterocycles. The second-order valence-electron chi connectivity index (χ2n) is 6.43. The van der Waals surface area contributed by atoms with Gasteiger partial charge in [0.15, 0.2) is 0 Å². The molecular formula is C21H20N4O. The van der Waals surface area contributed by atoms with Gasteiger partial charge in [-0.3, -0.25) is 4.79 Å². The van der Waals surface area contributed by atoms with E-state index in [1.165, 1.54) is 0 Å². The summed E-state index contributed by atoms with van der Waals surface area (Å²) in [5, 5.41) is 2.96. The fraction of sp³-hybridized carbons (Fsp3) is 0.190. The van der Waals surface area contributed by atoms with Gasteiger partial charge in [-0.1, -0.05) is 48.5 Å². The molecule has 2 aromatic carbocycles.